The monoisotopic (exact) mass is 183 g/mol. The summed E-state index contributed by atoms with van der Waals surface area (Å²) in [5.41, 5.74) is 1.83. The first kappa shape index (κ1) is 12.3. The molecular weight excluding hydrogens is 173 g/mol. The van der Waals surface area contributed by atoms with E-state index in [1.54, 1.807) is 6.07 Å². The van der Waals surface area contributed by atoms with Gasteiger partial charge in [-0.3, -0.25) is 0 Å². The summed E-state index contributed by atoms with van der Waals surface area (Å²) in [6.07, 6.45) is 0. The van der Waals surface area contributed by atoms with Crippen LogP contribution in [-0.4, -0.2) is 0 Å². The second-order valence-corrected chi connectivity index (χ2v) is 2.80. The van der Waals surface area contributed by atoms with Gasteiger partial charge in [-0.2, -0.15) is 29.8 Å². The third kappa shape index (κ3) is 3.38. The largest absolute Gasteiger partial charge is 1.00 e. The van der Waals surface area contributed by atoms with Crippen molar-refractivity contribution >= 4 is 0 Å². The van der Waals surface area contributed by atoms with Crippen LogP contribution in [0.5, 0.6) is 0 Å². The van der Waals surface area contributed by atoms with Gasteiger partial charge in [0.2, 0.25) is 0 Å². The molecule has 0 heterocycles. The third-order valence-corrected chi connectivity index (χ3v) is 1.59. The van der Waals surface area contributed by atoms with Crippen molar-refractivity contribution in [2.24, 2.45) is 0 Å². The van der Waals surface area contributed by atoms with Crippen LogP contribution in [0.1, 0.15) is 30.9 Å². The minimum atomic E-state index is 0. The smallest absolute Gasteiger partial charge is 0.208 e. The summed E-state index contributed by atoms with van der Waals surface area (Å²) in [7, 11) is 0. The Morgan fingerprint density at radius 2 is 2.08 bits per heavy atom. The van der Waals surface area contributed by atoms with Crippen molar-refractivity contribution in [3.05, 3.63) is 35.4 Å². The zero-order chi connectivity index (χ0) is 8.27. The van der Waals surface area contributed by atoms with Crippen molar-refractivity contribution in [1.29, 1.82) is 5.26 Å². The second kappa shape index (κ2) is 5.90. The van der Waals surface area contributed by atoms with Crippen LogP contribution in [-0.2, 0) is 0 Å². The number of benzene rings is 1. The van der Waals surface area contributed by atoms with Crippen LogP contribution in [0.3, 0.4) is 0 Å². The molecule has 1 rings (SSSR count). The van der Waals surface area contributed by atoms with Crippen LogP contribution in [0.25, 0.3) is 0 Å². The fourth-order valence-corrected chi connectivity index (χ4v) is 0.866. The molecule has 1 aromatic carbocycles. The van der Waals surface area contributed by atoms with Gasteiger partial charge in [0.05, 0.1) is 0 Å². The minimum Gasteiger partial charge on any atom is -0.208 e. The number of hydrogen-bond acceptors (Lipinski definition) is 1. The van der Waals surface area contributed by atoms with E-state index in [1.165, 1.54) is 0 Å². The van der Waals surface area contributed by atoms with Crippen molar-refractivity contribution < 1.29 is 51.4 Å². The molecule has 0 atom stereocenters. The predicted octanol–water partition coefficient (Wildman–Crippen LogP) is -0.514. The first-order valence-corrected chi connectivity index (χ1v) is 3.66. The Hall–Kier alpha value is 0.346. The molecule has 0 aliphatic carbocycles. The molecule has 2 heteroatoms. The van der Waals surface area contributed by atoms with Crippen LogP contribution >= 0.6 is 0 Å². The molecule has 0 radical (unpaired) electrons. The van der Waals surface area contributed by atoms with E-state index in [2.05, 4.69) is 26.0 Å². The molecule has 1 aromatic rings. The van der Waals surface area contributed by atoms with Gasteiger partial charge in [0.25, 0.3) is 0 Å². The topological polar surface area (TPSA) is 23.8 Å². The summed E-state index contributed by atoms with van der Waals surface area (Å²) in [6, 6.07) is 10.6. The van der Waals surface area contributed by atoms with Gasteiger partial charge in [0.1, 0.15) is 0 Å². The normalized spacial score (nSPS) is 8.83. The SMILES string of the molecule is CC(C)c1[c-]cc(C#N)cc1.[K+]. The van der Waals surface area contributed by atoms with E-state index in [0.717, 1.165) is 5.56 Å². The molecule has 0 saturated carbocycles. The zero-order valence-electron chi connectivity index (χ0n) is 7.76. The molecule has 0 bridgehead atoms. The van der Waals surface area contributed by atoms with Crippen LogP contribution < -0.4 is 51.4 Å². The molecule has 0 fully saturated rings. The predicted molar refractivity (Wildman–Crippen MR) is 44.1 cm³/mol. The maximum absolute atomic E-state index is 8.50. The fourth-order valence-electron chi connectivity index (χ4n) is 0.866. The Bertz CT molecular complexity index is 269. The van der Waals surface area contributed by atoms with Gasteiger partial charge in [-0.05, 0) is 5.92 Å². The molecule has 0 aromatic heterocycles. The molecule has 0 aliphatic rings. The molecular formula is C10H10KN. The summed E-state index contributed by atoms with van der Waals surface area (Å²) < 4.78 is 0. The van der Waals surface area contributed by atoms with Gasteiger partial charge in [-0.15, -0.1) is 0 Å². The number of nitrogens with zero attached hydrogens (tertiary/aromatic N) is 1. The van der Waals surface area contributed by atoms with Crippen molar-refractivity contribution in [3.8, 4) is 6.07 Å². The maximum atomic E-state index is 8.50. The van der Waals surface area contributed by atoms with E-state index < -0.39 is 0 Å². The van der Waals surface area contributed by atoms with Crippen LogP contribution in [0.15, 0.2) is 18.2 Å². The van der Waals surface area contributed by atoms with Gasteiger partial charge in [0.15, 0.2) is 0 Å². The molecule has 56 valence electrons. The molecule has 0 amide bonds. The summed E-state index contributed by atoms with van der Waals surface area (Å²) in [5, 5.41) is 8.50. The zero-order valence-corrected chi connectivity index (χ0v) is 10.9. The standard InChI is InChI=1S/C10H10N.K/c1-8(2)10-5-3-9(7-11)4-6-10;/h3-5,8H,1-2H3;/q-1;+1. The summed E-state index contributed by atoms with van der Waals surface area (Å²) >= 11 is 0. The quantitative estimate of drug-likeness (QED) is 0.425. The first-order valence-electron chi connectivity index (χ1n) is 3.66. The third-order valence-electron chi connectivity index (χ3n) is 1.59. The molecule has 1 nitrogen and oxygen atoms in total. The minimum absolute atomic E-state index is 0. The van der Waals surface area contributed by atoms with E-state index in [1.807, 2.05) is 12.1 Å². The van der Waals surface area contributed by atoms with Gasteiger partial charge in [0, 0.05) is 6.07 Å². The van der Waals surface area contributed by atoms with E-state index in [9.17, 15) is 0 Å². The van der Waals surface area contributed by atoms with Crippen molar-refractivity contribution in [2.45, 2.75) is 19.8 Å². The molecule has 0 spiro atoms. The Balaban J connectivity index is 0.00000121. The average molecular weight is 183 g/mol. The fraction of sp³-hybridized carbons (Fsp3) is 0.300. The molecule has 0 N–H and O–H groups in total. The Kier molecular flexibility index (Phi) is 6.07. The Morgan fingerprint density at radius 3 is 2.42 bits per heavy atom. The summed E-state index contributed by atoms with van der Waals surface area (Å²) in [4.78, 5) is 0. The number of rotatable bonds is 1. The van der Waals surface area contributed by atoms with Crippen LogP contribution in [0.4, 0.5) is 0 Å². The molecule has 0 saturated heterocycles. The van der Waals surface area contributed by atoms with Crippen LogP contribution in [0.2, 0.25) is 0 Å². The number of hydrogen-bond donors (Lipinski definition) is 0. The average Bonchev–Trinajstić information content (AvgIpc) is 2.05. The van der Waals surface area contributed by atoms with Gasteiger partial charge in [-0.25, -0.2) is 5.26 Å². The van der Waals surface area contributed by atoms with Crippen LogP contribution in [0, 0.1) is 17.4 Å². The maximum Gasteiger partial charge on any atom is 1.00 e. The van der Waals surface area contributed by atoms with Gasteiger partial charge >= 0.3 is 51.4 Å². The molecule has 0 aliphatic heterocycles. The van der Waals surface area contributed by atoms with Crippen molar-refractivity contribution in [3.63, 3.8) is 0 Å². The Labute approximate surface area is 116 Å². The van der Waals surface area contributed by atoms with E-state index >= 15 is 0 Å². The molecule has 12 heavy (non-hydrogen) atoms. The van der Waals surface area contributed by atoms with E-state index in [0.29, 0.717) is 11.5 Å². The number of nitriles is 1. The van der Waals surface area contributed by atoms with Crippen molar-refractivity contribution in [2.75, 3.05) is 0 Å². The van der Waals surface area contributed by atoms with Crippen molar-refractivity contribution in [1.82, 2.24) is 0 Å². The summed E-state index contributed by atoms with van der Waals surface area (Å²) in [6.45, 7) is 4.22. The van der Waals surface area contributed by atoms with Gasteiger partial charge < -0.3 is 0 Å². The molecule has 0 unspecified atom stereocenters. The van der Waals surface area contributed by atoms with E-state index in [-0.39, 0.29) is 51.4 Å². The summed E-state index contributed by atoms with van der Waals surface area (Å²) in [5.74, 6) is 0.489. The van der Waals surface area contributed by atoms with Gasteiger partial charge in [-0.1, -0.05) is 19.4 Å². The van der Waals surface area contributed by atoms with E-state index in [4.69, 9.17) is 5.26 Å². The Morgan fingerprint density at radius 1 is 1.42 bits per heavy atom. The first-order chi connectivity index (χ1) is 5.24. The second-order valence-electron chi connectivity index (χ2n) is 2.80.